The fourth-order valence-corrected chi connectivity index (χ4v) is 4.42. The molecule has 2 aromatic heterocycles. The van der Waals surface area contributed by atoms with Gasteiger partial charge in [0.1, 0.15) is 11.6 Å². The summed E-state index contributed by atoms with van der Waals surface area (Å²) < 4.78 is 7.60. The van der Waals surface area contributed by atoms with Crippen molar-refractivity contribution in [2.45, 2.75) is 69.1 Å². The van der Waals surface area contributed by atoms with Gasteiger partial charge in [-0.2, -0.15) is 0 Å². The molecule has 26 heavy (non-hydrogen) atoms. The molecule has 0 radical (unpaired) electrons. The Bertz CT molecular complexity index is 739. The zero-order valence-corrected chi connectivity index (χ0v) is 16.0. The summed E-state index contributed by atoms with van der Waals surface area (Å²) in [5.74, 6) is 3.45. The number of carbonyl (C=O) groups excluding carboxylic acids is 1. The quantitative estimate of drug-likeness (QED) is 0.750. The molecule has 2 saturated carbocycles. The highest BCUT2D eigenvalue weighted by molar-refractivity contribution is 7.99. The fraction of sp³-hybridized carbons (Fsp3) is 0.632. The standard InChI is InChI=1S/C19H26N4O2S/c1-13-5-2-3-7-16(13)20-17(24)12-26-19-22-21-18(14-8-9-14)23(19)11-15-6-4-10-25-15/h4,6,10,13-14,16H,2-3,5,7-9,11-12H2,1H3,(H,20,24). The van der Waals surface area contributed by atoms with Gasteiger partial charge in [0.15, 0.2) is 5.16 Å². The van der Waals surface area contributed by atoms with Crippen molar-refractivity contribution < 1.29 is 9.21 Å². The minimum Gasteiger partial charge on any atom is -0.467 e. The molecule has 2 unspecified atom stereocenters. The van der Waals surface area contributed by atoms with Gasteiger partial charge in [-0.15, -0.1) is 10.2 Å². The van der Waals surface area contributed by atoms with E-state index in [1.54, 1.807) is 6.26 Å². The molecule has 2 atom stereocenters. The summed E-state index contributed by atoms with van der Waals surface area (Å²) in [5, 5.41) is 12.7. The molecule has 0 aliphatic heterocycles. The Balaban J connectivity index is 1.39. The maximum absolute atomic E-state index is 12.4. The molecule has 7 heteroatoms. The lowest BCUT2D eigenvalue weighted by molar-refractivity contribution is -0.119. The molecule has 2 aliphatic rings. The van der Waals surface area contributed by atoms with Crippen LogP contribution >= 0.6 is 11.8 Å². The Morgan fingerprint density at radius 3 is 2.88 bits per heavy atom. The van der Waals surface area contributed by atoms with Crippen LogP contribution in [0.2, 0.25) is 0 Å². The predicted octanol–water partition coefficient (Wildman–Crippen LogP) is 3.58. The largest absolute Gasteiger partial charge is 0.467 e. The number of rotatable bonds is 7. The third-order valence-corrected chi connectivity index (χ3v) is 6.34. The molecule has 0 spiro atoms. The van der Waals surface area contributed by atoms with Crippen LogP contribution in [-0.4, -0.2) is 32.5 Å². The molecule has 0 aromatic carbocycles. The SMILES string of the molecule is CC1CCCCC1NC(=O)CSc1nnc(C2CC2)n1Cc1ccco1. The molecule has 2 fully saturated rings. The van der Waals surface area contributed by atoms with E-state index in [9.17, 15) is 4.79 Å². The van der Waals surface area contributed by atoms with Gasteiger partial charge in [0.25, 0.3) is 0 Å². The highest BCUT2D eigenvalue weighted by atomic mass is 32.2. The first kappa shape index (κ1) is 17.6. The van der Waals surface area contributed by atoms with Gasteiger partial charge in [0.05, 0.1) is 18.6 Å². The van der Waals surface area contributed by atoms with Gasteiger partial charge >= 0.3 is 0 Å². The normalized spacial score (nSPS) is 23.1. The van der Waals surface area contributed by atoms with Crippen molar-refractivity contribution in [2.75, 3.05) is 5.75 Å². The van der Waals surface area contributed by atoms with Gasteiger partial charge in [-0.3, -0.25) is 9.36 Å². The monoisotopic (exact) mass is 374 g/mol. The Morgan fingerprint density at radius 2 is 2.15 bits per heavy atom. The number of thioether (sulfide) groups is 1. The van der Waals surface area contributed by atoms with Crippen molar-refractivity contribution in [1.82, 2.24) is 20.1 Å². The molecule has 2 heterocycles. The van der Waals surface area contributed by atoms with Crippen LogP contribution in [0.3, 0.4) is 0 Å². The highest BCUT2D eigenvalue weighted by Gasteiger charge is 2.31. The maximum atomic E-state index is 12.4. The third-order valence-electron chi connectivity index (χ3n) is 5.37. The van der Waals surface area contributed by atoms with Crippen molar-refractivity contribution in [3.63, 3.8) is 0 Å². The van der Waals surface area contributed by atoms with E-state index in [0.29, 0.717) is 30.2 Å². The van der Waals surface area contributed by atoms with Crippen LogP contribution in [0.5, 0.6) is 0 Å². The summed E-state index contributed by atoms with van der Waals surface area (Å²) in [6, 6.07) is 4.17. The van der Waals surface area contributed by atoms with Gasteiger partial charge in [0.2, 0.25) is 5.91 Å². The zero-order chi connectivity index (χ0) is 17.9. The topological polar surface area (TPSA) is 73.0 Å². The lowest BCUT2D eigenvalue weighted by Crippen LogP contribution is -2.41. The Morgan fingerprint density at radius 1 is 1.31 bits per heavy atom. The van der Waals surface area contributed by atoms with Crippen LogP contribution in [0.15, 0.2) is 28.0 Å². The van der Waals surface area contributed by atoms with Crippen LogP contribution in [0.25, 0.3) is 0 Å². The number of hydrogen-bond acceptors (Lipinski definition) is 5. The molecule has 2 aromatic rings. The van der Waals surface area contributed by atoms with Gasteiger partial charge in [-0.1, -0.05) is 31.5 Å². The lowest BCUT2D eigenvalue weighted by Gasteiger charge is -2.29. The van der Waals surface area contributed by atoms with E-state index in [1.807, 2.05) is 12.1 Å². The minimum atomic E-state index is 0.0919. The summed E-state index contributed by atoms with van der Waals surface area (Å²) in [7, 11) is 0. The van der Waals surface area contributed by atoms with E-state index in [4.69, 9.17) is 4.42 Å². The second-order valence-electron chi connectivity index (χ2n) is 7.50. The second-order valence-corrected chi connectivity index (χ2v) is 8.45. The number of aromatic nitrogens is 3. The molecular weight excluding hydrogens is 348 g/mol. The number of nitrogens with one attached hydrogen (secondary N) is 1. The van der Waals surface area contributed by atoms with Crippen molar-refractivity contribution in [1.29, 1.82) is 0 Å². The Hall–Kier alpha value is -1.76. The van der Waals surface area contributed by atoms with Crippen molar-refractivity contribution in [3.05, 3.63) is 30.0 Å². The van der Waals surface area contributed by atoms with Gasteiger partial charge < -0.3 is 9.73 Å². The van der Waals surface area contributed by atoms with E-state index in [1.165, 1.54) is 43.9 Å². The first-order chi connectivity index (χ1) is 12.7. The van der Waals surface area contributed by atoms with E-state index in [2.05, 4.69) is 27.0 Å². The predicted molar refractivity (Wildman–Crippen MR) is 100 cm³/mol. The summed E-state index contributed by atoms with van der Waals surface area (Å²) in [6.07, 6.45) is 8.81. The zero-order valence-electron chi connectivity index (χ0n) is 15.2. The molecule has 4 rings (SSSR count). The molecule has 1 N–H and O–H groups in total. The van der Waals surface area contributed by atoms with Crippen LogP contribution in [0.1, 0.15) is 63.0 Å². The van der Waals surface area contributed by atoms with Gasteiger partial charge in [-0.05, 0) is 43.7 Å². The molecule has 0 saturated heterocycles. The number of nitrogens with zero attached hydrogens (tertiary/aromatic N) is 3. The van der Waals surface area contributed by atoms with Crippen LogP contribution in [-0.2, 0) is 11.3 Å². The van der Waals surface area contributed by atoms with Crippen LogP contribution < -0.4 is 5.32 Å². The van der Waals surface area contributed by atoms with Crippen molar-refractivity contribution >= 4 is 17.7 Å². The van der Waals surface area contributed by atoms with E-state index >= 15 is 0 Å². The number of hydrogen-bond donors (Lipinski definition) is 1. The van der Waals surface area contributed by atoms with Gasteiger partial charge in [0, 0.05) is 12.0 Å². The van der Waals surface area contributed by atoms with E-state index in [-0.39, 0.29) is 5.91 Å². The average molecular weight is 375 g/mol. The van der Waals surface area contributed by atoms with E-state index in [0.717, 1.165) is 23.2 Å². The molecule has 0 bridgehead atoms. The smallest absolute Gasteiger partial charge is 0.230 e. The third kappa shape index (κ3) is 4.14. The fourth-order valence-electron chi connectivity index (χ4n) is 3.67. The lowest BCUT2D eigenvalue weighted by atomic mass is 9.86. The number of amides is 1. The highest BCUT2D eigenvalue weighted by Crippen LogP contribution is 2.40. The molecule has 140 valence electrons. The summed E-state index contributed by atoms with van der Waals surface area (Å²) in [5.41, 5.74) is 0. The molecule has 6 nitrogen and oxygen atoms in total. The molecule has 2 aliphatic carbocycles. The molecule has 1 amide bonds. The minimum absolute atomic E-state index is 0.0919. The van der Waals surface area contributed by atoms with Crippen molar-refractivity contribution in [2.24, 2.45) is 5.92 Å². The first-order valence-corrected chi connectivity index (χ1v) is 10.6. The first-order valence-electron chi connectivity index (χ1n) is 9.58. The van der Waals surface area contributed by atoms with Crippen LogP contribution in [0, 0.1) is 5.92 Å². The van der Waals surface area contributed by atoms with Crippen LogP contribution in [0.4, 0.5) is 0 Å². The number of carbonyl (C=O) groups is 1. The summed E-state index contributed by atoms with van der Waals surface area (Å²) in [4.78, 5) is 12.4. The Labute approximate surface area is 158 Å². The Kier molecular flexibility index (Phi) is 5.33. The van der Waals surface area contributed by atoms with Crippen molar-refractivity contribution in [3.8, 4) is 0 Å². The second kappa shape index (κ2) is 7.86. The summed E-state index contributed by atoms with van der Waals surface area (Å²) in [6.45, 7) is 2.86. The van der Waals surface area contributed by atoms with E-state index < -0.39 is 0 Å². The van der Waals surface area contributed by atoms with Gasteiger partial charge in [-0.25, -0.2) is 0 Å². The summed E-state index contributed by atoms with van der Waals surface area (Å²) >= 11 is 1.47. The number of furan rings is 1. The average Bonchev–Trinajstić information content (AvgIpc) is 3.20. The molecular formula is C19H26N4O2S. The maximum Gasteiger partial charge on any atom is 0.230 e.